The van der Waals surface area contributed by atoms with Crippen molar-refractivity contribution in [2.24, 2.45) is 0 Å². The molecule has 140 valence electrons. The van der Waals surface area contributed by atoms with Gasteiger partial charge in [-0.2, -0.15) is 0 Å². The molecule has 0 spiro atoms. The number of hydrogen-bond donors (Lipinski definition) is 0. The summed E-state index contributed by atoms with van der Waals surface area (Å²) in [6, 6.07) is 26.2. The summed E-state index contributed by atoms with van der Waals surface area (Å²) in [5.74, 6) is 0. The molecule has 0 saturated carbocycles. The lowest BCUT2D eigenvalue weighted by Crippen LogP contribution is -2.26. The van der Waals surface area contributed by atoms with E-state index in [2.05, 4.69) is 0 Å². The van der Waals surface area contributed by atoms with Crippen molar-refractivity contribution in [1.29, 1.82) is 0 Å². The Kier molecular flexibility index (Phi) is 5.02. The summed E-state index contributed by atoms with van der Waals surface area (Å²) in [5.41, 5.74) is 1.03. The fourth-order valence-corrected chi connectivity index (χ4v) is 4.75. The van der Waals surface area contributed by atoms with Gasteiger partial charge < -0.3 is 0 Å². The Hall–Kier alpha value is -2.53. The first-order chi connectivity index (χ1) is 13.4. The van der Waals surface area contributed by atoms with Crippen molar-refractivity contribution in [2.45, 2.75) is 4.90 Å². The summed E-state index contributed by atoms with van der Waals surface area (Å²) in [7, 11) is -3.87. The Morgan fingerprint density at radius 1 is 0.607 bits per heavy atom. The Balaban J connectivity index is 1.93. The van der Waals surface area contributed by atoms with Crippen LogP contribution in [0.4, 0.5) is 11.4 Å². The molecular weight excluding hydrogens is 413 g/mol. The highest BCUT2D eigenvalue weighted by Gasteiger charge is 2.27. The minimum Gasteiger partial charge on any atom is -0.234 e. The molecular formula is C22H15Cl2NO2S. The molecule has 0 bridgehead atoms. The third-order valence-corrected chi connectivity index (χ3v) is 6.65. The van der Waals surface area contributed by atoms with Crippen molar-refractivity contribution < 1.29 is 8.42 Å². The highest BCUT2D eigenvalue weighted by atomic mass is 35.5. The van der Waals surface area contributed by atoms with Gasteiger partial charge in [-0.3, -0.25) is 0 Å². The van der Waals surface area contributed by atoms with Crippen molar-refractivity contribution in [2.75, 3.05) is 4.31 Å². The van der Waals surface area contributed by atoms with E-state index in [1.54, 1.807) is 42.5 Å². The normalized spacial score (nSPS) is 11.5. The van der Waals surface area contributed by atoms with E-state index >= 15 is 0 Å². The SMILES string of the molecule is O=S(=O)(c1ccc(Cl)cc1)N(c1ccc(Cl)cc1)c1ccc2ccccc2c1. The highest BCUT2D eigenvalue weighted by molar-refractivity contribution is 7.93. The van der Waals surface area contributed by atoms with Gasteiger partial charge in [-0.1, -0.05) is 53.5 Å². The number of anilines is 2. The Bertz CT molecular complexity index is 1240. The molecule has 28 heavy (non-hydrogen) atoms. The summed E-state index contributed by atoms with van der Waals surface area (Å²) < 4.78 is 28.3. The maximum absolute atomic E-state index is 13.5. The predicted molar refractivity (Wildman–Crippen MR) is 116 cm³/mol. The van der Waals surface area contributed by atoms with Crippen molar-refractivity contribution in [3.8, 4) is 0 Å². The van der Waals surface area contributed by atoms with Gasteiger partial charge in [-0.05, 0) is 71.4 Å². The van der Waals surface area contributed by atoms with Crippen molar-refractivity contribution in [3.63, 3.8) is 0 Å². The lowest BCUT2D eigenvalue weighted by atomic mass is 10.1. The minimum absolute atomic E-state index is 0.153. The van der Waals surface area contributed by atoms with Gasteiger partial charge in [-0.15, -0.1) is 0 Å². The Morgan fingerprint density at radius 2 is 1.14 bits per heavy atom. The summed E-state index contributed by atoms with van der Waals surface area (Å²) in [6.45, 7) is 0. The van der Waals surface area contributed by atoms with Crippen LogP contribution in [0.1, 0.15) is 0 Å². The van der Waals surface area contributed by atoms with Gasteiger partial charge in [0.05, 0.1) is 16.3 Å². The van der Waals surface area contributed by atoms with Crippen LogP contribution in [0.2, 0.25) is 10.0 Å². The maximum atomic E-state index is 13.5. The second-order valence-corrected chi connectivity index (χ2v) is 8.89. The van der Waals surface area contributed by atoms with Crippen LogP contribution in [0, 0.1) is 0 Å². The van der Waals surface area contributed by atoms with E-state index in [-0.39, 0.29) is 4.90 Å². The topological polar surface area (TPSA) is 37.4 Å². The van der Waals surface area contributed by atoms with Crippen LogP contribution in [0.5, 0.6) is 0 Å². The monoisotopic (exact) mass is 427 g/mol. The standard InChI is InChI=1S/C22H15Cl2NO2S/c23-18-6-11-20(12-7-18)25(28(26,27)22-13-8-19(24)9-14-22)21-10-5-16-3-1-2-4-17(16)15-21/h1-15H. The van der Waals surface area contributed by atoms with Gasteiger partial charge in [0.1, 0.15) is 0 Å². The molecule has 0 heterocycles. The molecule has 0 aliphatic rings. The van der Waals surface area contributed by atoms with Gasteiger partial charge in [0, 0.05) is 10.0 Å². The fraction of sp³-hybridized carbons (Fsp3) is 0. The second kappa shape index (κ2) is 7.47. The third kappa shape index (κ3) is 3.59. The smallest absolute Gasteiger partial charge is 0.234 e. The van der Waals surface area contributed by atoms with Crippen molar-refractivity contribution in [3.05, 3.63) is 101 Å². The zero-order valence-corrected chi connectivity index (χ0v) is 16.9. The molecule has 0 N–H and O–H groups in total. The quantitative estimate of drug-likeness (QED) is 0.364. The molecule has 0 atom stereocenters. The molecule has 0 radical (unpaired) electrons. The predicted octanol–water partition coefficient (Wildman–Crippen LogP) is 6.67. The summed E-state index contributed by atoms with van der Waals surface area (Å²) in [4.78, 5) is 0.153. The van der Waals surface area contributed by atoms with E-state index in [0.717, 1.165) is 10.8 Å². The first kappa shape index (κ1) is 18.8. The number of hydrogen-bond acceptors (Lipinski definition) is 2. The molecule has 0 aliphatic heterocycles. The van der Waals surface area contributed by atoms with Gasteiger partial charge in [0.25, 0.3) is 10.0 Å². The van der Waals surface area contributed by atoms with Crippen LogP contribution in [0.3, 0.4) is 0 Å². The summed E-state index contributed by atoms with van der Waals surface area (Å²) >= 11 is 11.9. The van der Waals surface area contributed by atoms with E-state index in [9.17, 15) is 8.42 Å². The van der Waals surface area contributed by atoms with Crippen LogP contribution in [0.15, 0.2) is 95.9 Å². The number of rotatable bonds is 4. The molecule has 0 saturated heterocycles. The zero-order valence-electron chi connectivity index (χ0n) is 14.6. The van der Waals surface area contributed by atoms with E-state index in [0.29, 0.717) is 21.4 Å². The van der Waals surface area contributed by atoms with Gasteiger partial charge in [-0.25, -0.2) is 12.7 Å². The molecule has 4 aromatic carbocycles. The fourth-order valence-electron chi connectivity index (χ4n) is 3.02. The maximum Gasteiger partial charge on any atom is 0.268 e. The van der Waals surface area contributed by atoms with Crippen LogP contribution in [-0.4, -0.2) is 8.42 Å². The van der Waals surface area contributed by atoms with Crippen LogP contribution in [-0.2, 0) is 10.0 Å². The van der Waals surface area contributed by atoms with Gasteiger partial charge in [0.15, 0.2) is 0 Å². The second-order valence-electron chi connectivity index (χ2n) is 6.23. The number of benzene rings is 4. The van der Waals surface area contributed by atoms with Crippen molar-refractivity contribution >= 4 is 55.4 Å². The van der Waals surface area contributed by atoms with Gasteiger partial charge in [0.2, 0.25) is 0 Å². The third-order valence-electron chi connectivity index (χ3n) is 4.38. The molecule has 0 unspecified atom stereocenters. The molecule has 6 heteroatoms. The first-order valence-corrected chi connectivity index (χ1v) is 10.7. The summed E-state index contributed by atoms with van der Waals surface area (Å²) in [6.07, 6.45) is 0. The number of fused-ring (bicyclic) bond motifs is 1. The number of sulfonamides is 1. The van der Waals surface area contributed by atoms with Crippen LogP contribution in [0.25, 0.3) is 10.8 Å². The zero-order chi connectivity index (χ0) is 19.7. The highest BCUT2D eigenvalue weighted by Crippen LogP contribution is 2.35. The van der Waals surface area contributed by atoms with E-state index in [1.807, 2.05) is 36.4 Å². The molecule has 0 amide bonds. The lowest BCUT2D eigenvalue weighted by molar-refractivity contribution is 0.596. The van der Waals surface area contributed by atoms with Crippen LogP contribution >= 0.6 is 23.2 Å². The average molecular weight is 428 g/mol. The van der Waals surface area contributed by atoms with Crippen LogP contribution < -0.4 is 4.31 Å². The molecule has 4 rings (SSSR count). The molecule has 0 fully saturated rings. The molecule has 0 aromatic heterocycles. The largest absolute Gasteiger partial charge is 0.268 e. The van der Waals surface area contributed by atoms with Gasteiger partial charge >= 0.3 is 0 Å². The minimum atomic E-state index is -3.87. The van der Waals surface area contributed by atoms with E-state index in [1.165, 1.54) is 16.4 Å². The molecule has 4 aromatic rings. The van der Waals surface area contributed by atoms with Crippen molar-refractivity contribution in [1.82, 2.24) is 0 Å². The van der Waals surface area contributed by atoms with E-state index < -0.39 is 10.0 Å². The Labute approximate surface area is 173 Å². The average Bonchev–Trinajstić information content (AvgIpc) is 2.70. The first-order valence-electron chi connectivity index (χ1n) is 8.50. The molecule has 3 nitrogen and oxygen atoms in total. The lowest BCUT2D eigenvalue weighted by Gasteiger charge is -2.25. The molecule has 0 aliphatic carbocycles. The Morgan fingerprint density at radius 3 is 1.79 bits per heavy atom. The van der Waals surface area contributed by atoms with E-state index in [4.69, 9.17) is 23.2 Å². The number of halogens is 2. The summed E-state index contributed by atoms with van der Waals surface area (Å²) in [5, 5.41) is 2.99. The number of nitrogens with zero attached hydrogens (tertiary/aromatic N) is 1.